The number of carbonyl (C=O) groups excluding carboxylic acids is 1. The number of amides is 1. The molecule has 1 atom stereocenters. The molecular weight excluding hydrogens is 350 g/mol. The number of carbonyl (C=O) groups is 2. The third-order valence-corrected chi connectivity index (χ3v) is 4.12. The summed E-state index contributed by atoms with van der Waals surface area (Å²) in [5, 5.41) is 12.7. The number of fused-ring (bicyclic) bond motifs is 1. The topological polar surface area (TPSA) is 98.0 Å². The first kappa shape index (κ1) is 18.3. The van der Waals surface area contributed by atoms with E-state index in [2.05, 4.69) is 5.32 Å². The van der Waals surface area contributed by atoms with E-state index in [0.29, 0.717) is 22.5 Å². The molecule has 27 heavy (non-hydrogen) atoms. The minimum Gasteiger partial charge on any atom is -0.497 e. The molecule has 0 saturated heterocycles. The Morgan fingerprint density at radius 1 is 1.07 bits per heavy atom. The zero-order chi connectivity index (χ0) is 19.4. The van der Waals surface area contributed by atoms with E-state index in [4.69, 9.17) is 13.9 Å². The van der Waals surface area contributed by atoms with E-state index in [9.17, 15) is 14.7 Å². The fourth-order valence-corrected chi connectivity index (χ4v) is 2.72. The molecular formula is C20H19NO6. The lowest BCUT2D eigenvalue weighted by atomic mass is 10.1. The highest BCUT2D eigenvalue weighted by molar-refractivity contribution is 5.98. The third-order valence-electron chi connectivity index (χ3n) is 4.12. The van der Waals surface area contributed by atoms with Crippen LogP contribution in [-0.4, -0.2) is 37.2 Å². The number of methoxy groups -OCH3 is 2. The maximum absolute atomic E-state index is 12.5. The lowest BCUT2D eigenvalue weighted by Crippen LogP contribution is -2.42. The number of carboxylic acid groups (broad SMARTS) is 1. The zero-order valence-corrected chi connectivity index (χ0v) is 14.9. The van der Waals surface area contributed by atoms with Crippen LogP contribution in [0.15, 0.2) is 52.9 Å². The second-order valence-corrected chi connectivity index (χ2v) is 5.93. The summed E-state index contributed by atoms with van der Waals surface area (Å²) >= 11 is 0. The second kappa shape index (κ2) is 7.82. The van der Waals surface area contributed by atoms with Crippen molar-refractivity contribution in [1.29, 1.82) is 0 Å². The molecule has 2 aromatic carbocycles. The van der Waals surface area contributed by atoms with Crippen molar-refractivity contribution in [3.63, 3.8) is 0 Å². The van der Waals surface area contributed by atoms with Gasteiger partial charge in [0, 0.05) is 11.8 Å². The molecule has 0 radical (unpaired) electrons. The molecule has 1 heterocycles. The van der Waals surface area contributed by atoms with Gasteiger partial charge in [-0.05, 0) is 42.0 Å². The molecule has 0 bridgehead atoms. The summed E-state index contributed by atoms with van der Waals surface area (Å²) in [5.74, 6) is -0.439. The Hall–Kier alpha value is -3.48. The zero-order valence-electron chi connectivity index (χ0n) is 14.9. The van der Waals surface area contributed by atoms with E-state index < -0.39 is 17.9 Å². The molecule has 3 rings (SSSR count). The molecule has 2 N–H and O–H groups in total. The SMILES string of the molecule is COc1cccc(C[C@H](NC(=O)c2cc3cc(OC)ccc3o2)C(=O)O)c1. The van der Waals surface area contributed by atoms with Gasteiger partial charge in [-0.2, -0.15) is 0 Å². The summed E-state index contributed by atoms with van der Waals surface area (Å²) in [6, 6.07) is 12.6. The van der Waals surface area contributed by atoms with Crippen LogP contribution in [-0.2, 0) is 11.2 Å². The first-order valence-electron chi connectivity index (χ1n) is 8.24. The lowest BCUT2D eigenvalue weighted by Gasteiger charge is -2.14. The molecule has 3 aromatic rings. The highest BCUT2D eigenvalue weighted by Gasteiger charge is 2.23. The number of nitrogens with one attached hydrogen (secondary N) is 1. The van der Waals surface area contributed by atoms with Crippen LogP contribution in [0.25, 0.3) is 11.0 Å². The van der Waals surface area contributed by atoms with Crippen molar-refractivity contribution < 1.29 is 28.6 Å². The number of hydrogen-bond acceptors (Lipinski definition) is 5. The molecule has 1 amide bonds. The standard InChI is InChI=1S/C20H19NO6/c1-25-14-5-3-4-12(8-14)9-16(20(23)24)21-19(22)18-11-13-10-15(26-2)6-7-17(13)27-18/h3-8,10-11,16H,9H2,1-2H3,(H,21,22)(H,23,24)/t16-/m0/s1. The van der Waals surface area contributed by atoms with Gasteiger partial charge in [-0.25, -0.2) is 4.79 Å². The summed E-state index contributed by atoms with van der Waals surface area (Å²) in [4.78, 5) is 24.1. The lowest BCUT2D eigenvalue weighted by molar-refractivity contribution is -0.139. The van der Waals surface area contributed by atoms with E-state index in [0.717, 1.165) is 5.56 Å². The van der Waals surface area contributed by atoms with Crippen molar-refractivity contribution in [2.45, 2.75) is 12.5 Å². The van der Waals surface area contributed by atoms with Gasteiger partial charge in [-0.15, -0.1) is 0 Å². The predicted molar refractivity (Wildman–Crippen MR) is 98.4 cm³/mol. The van der Waals surface area contributed by atoms with E-state index >= 15 is 0 Å². The summed E-state index contributed by atoms with van der Waals surface area (Å²) in [5.41, 5.74) is 1.25. The molecule has 0 aliphatic carbocycles. The molecule has 7 heteroatoms. The van der Waals surface area contributed by atoms with Gasteiger partial charge < -0.3 is 24.3 Å². The third kappa shape index (κ3) is 4.20. The van der Waals surface area contributed by atoms with Gasteiger partial charge in [-0.3, -0.25) is 4.79 Å². The van der Waals surface area contributed by atoms with Gasteiger partial charge >= 0.3 is 5.97 Å². The molecule has 0 aliphatic rings. The molecule has 0 spiro atoms. The van der Waals surface area contributed by atoms with Crippen molar-refractivity contribution in [3.05, 3.63) is 59.9 Å². The van der Waals surface area contributed by atoms with Crippen LogP contribution < -0.4 is 14.8 Å². The average molecular weight is 369 g/mol. The van der Waals surface area contributed by atoms with Gasteiger partial charge in [0.2, 0.25) is 0 Å². The normalized spacial score (nSPS) is 11.8. The van der Waals surface area contributed by atoms with Crippen LogP contribution in [0.3, 0.4) is 0 Å². The Kier molecular flexibility index (Phi) is 5.30. The van der Waals surface area contributed by atoms with Gasteiger partial charge in [0.1, 0.15) is 23.1 Å². The van der Waals surface area contributed by atoms with Crippen molar-refractivity contribution in [2.24, 2.45) is 0 Å². The van der Waals surface area contributed by atoms with Crippen LogP contribution in [0.5, 0.6) is 11.5 Å². The Bertz CT molecular complexity index is 978. The van der Waals surface area contributed by atoms with Crippen LogP contribution in [0.4, 0.5) is 0 Å². The maximum atomic E-state index is 12.5. The van der Waals surface area contributed by atoms with Crippen LogP contribution >= 0.6 is 0 Å². The summed E-state index contributed by atoms with van der Waals surface area (Å²) in [6.07, 6.45) is 0.117. The fraction of sp³-hybridized carbons (Fsp3) is 0.200. The quantitative estimate of drug-likeness (QED) is 0.665. The summed E-state index contributed by atoms with van der Waals surface area (Å²) < 4.78 is 15.8. The van der Waals surface area contributed by atoms with Gasteiger partial charge in [0.25, 0.3) is 5.91 Å². The fourth-order valence-electron chi connectivity index (χ4n) is 2.72. The number of rotatable bonds is 7. The Morgan fingerprint density at radius 2 is 1.81 bits per heavy atom. The largest absolute Gasteiger partial charge is 0.497 e. The first-order valence-corrected chi connectivity index (χ1v) is 8.24. The van der Waals surface area contributed by atoms with Crippen molar-refractivity contribution >= 4 is 22.8 Å². The highest BCUT2D eigenvalue weighted by atomic mass is 16.5. The summed E-state index contributed by atoms with van der Waals surface area (Å²) in [6.45, 7) is 0. The molecule has 0 unspecified atom stereocenters. The predicted octanol–water partition coefficient (Wildman–Crippen LogP) is 2.88. The number of furan rings is 1. The van der Waals surface area contributed by atoms with E-state index in [1.807, 2.05) is 0 Å². The van der Waals surface area contributed by atoms with Gasteiger partial charge in [0.15, 0.2) is 5.76 Å². The molecule has 0 saturated carbocycles. The van der Waals surface area contributed by atoms with E-state index in [1.54, 1.807) is 55.6 Å². The van der Waals surface area contributed by atoms with Crippen molar-refractivity contribution in [1.82, 2.24) is 5.32 Å². The summed E-state index contributed by atoms with van der Waals surface area (Å²) in [7, 11) is 3.08. The van der Waals surface area contributed by atoms with Crippen molar-refractivity contribution in [3.8, 4) is 11.5 Å². The van der Waals surface area contributed by atoms with Crippen LogP contribution in [0.2, 0.25) is 0 Å². The molecule has 1 aromatic heterocycles. The monoisotopic (exact) mass is 369 g/mol. The van der Waals surface area contributed by atoms with Crippen LogP contribution in [0, 0.1) is 0 Å². The van der Waals surface area contributed by atoms with Gasteiger partial charge in [-0.1, -0.05) is 12.1 Å². The van der Waals surface area contributed by atoms with E-state index in [-0.39, 0.29) is 12.2 Å². The smallest absolute Gasteiger partial charge is 0.326 e. The molecule has 0 fully saturated rings. The molecule has 140 valence electrons. The Morgan fingerprint density at radius 3 is 2.52 bits per heavy atom. The molecule has 7 nitrogen and oxygen atoms in total. The van der Waals surface area contributed by atoms with Crippen LogP contribution in [0.1, 0.15) is 16.1 Å². The first-order chi connectivity index (χ1) is 13.0. The number of ether oxygens (including phenoxy) is 2. The molecule has 0 aliphatic heterocycles. The second-order valence-electron chi connectivity index (χ2n) is 5.93. The number of hydrogen-bond donors (Lipinski definition) is 2. The average Bonchev–Trinajstić information content (AvgIpc) is 3.10. The minimum atomic E-state index is -1.14. The van der Waals surface area contributed by atoms with E-state index in [1.165, 1.54) is 7.11 Å². The van der Waals surface area contributed by atoms with Gasteiger partial charge in [0.05, 0.1) is 14.2 Å². The Balaban J connectivity index is 1.77. The number of carboxylic acids is 1. The maximum Gasteiger partial charge on any atom is 0.326 e. The number of benzene rings is 2. The Labute approximate surface area is 155 Å². The number of aliphatic carboxylic acids is 1. The van der Waals surface area contributed by atoms with Crippen molar-refractivity contribution in [2.75, 3.05) is 14.2 Å². The highest BCUT2D eigenvalue weighted by Crippen LogP contribution is 2.24. The minimum absolute atomic E-state index is 0.0372.